The zero-order chi connectivity index (χ0) is 13.2. The van der Waals surface area contributed by atoms with Crippen molar-refractivity contribution in [2.75, 3.05) is 26.8 Å². The maximum Gasteiger partial charge on any atom is 0.242 e. The van der Waals surface area contributed by atoms with Crippen LogP contribution in [0.4, 0.5) is 4.39 Å². The monoisotopic (exact) mass is 273 g/mol. The van der Waals surface area contributed by atoms with E-state index in [1.54, 1.807) is 0 Å². The van der Waals surface area contributed by atoms with Crippen LogP contribution in [0.2, 0.25) is 0 Å². The Morgan fingerprint density at radius 2 is 2.06 bits per heavy atom. The second kappa shape index (κ2) is 5.34. The molecule has 1 unspecified atom stereocenters. The summed E-state index contributed by atoms with van der Waals surface area (Å²) in [6.45, 7) is 1.72. The lowest BCUT2D eigenvalue weighted by Crippen LogP contribution is -2.32. The van der Waals surface area contributed by atoms with Crippen LogP contribution in [0.3, 0.4) is 0 Å². The summed E-state index contributed by atoms with van der Waals surface area (Å²) in [5.41, 5.74) is 0. The molecule has 100 valence electrons. The Kier molecular flexibility index (Phi) is 3.99. The molecule has 2 rings (SSSR count). The van der Waals surface area contributed by atoms with E-state index in [2.05, 4.69) is 0 Å². The first kappa shape index (κ1) is 13.5. The zero-order valence-electron chi connectivity index (χ0n) is 10.2. The number of rotatable bonds is 4. The molecule has 0 bridgehead atoms. The highest BCUT2D eigenvalue weighted by Gasteiger charge is 2.25. The summed E-state index contributed by atoms with van der Waals surface area (Å²) < 4.78 is 43.7. The summed E-state index contributed by atoms with van der Waals surface area (Å²) in [6.07, 6.45) is 0.878. The molecule has 6 heteroatoms. The number of nitrogens with zero attached hydrogens (tertiary/aromatic N) is 1. The van der Waals surface area contributed by atoms with Gasteiger partial charge in [-0.1, -0.05) is 0 Å². The molecule has 1 heterocycles. The van der Waals surface area contributed by atoms with E-state index < -0.39 is 15.8 Å². The van der Waals surface area contributed by atoms with E-state index in [4.69, 9.17) is 4.74 Å². The van der Waals surface area contributed by atoms with Crippen LogP contribution in [-0.2, 0) is 14.8 Å². The predicted molar refractivity (Wildman–Crippen MR) is 65.1 cm³/mol. The fourth-order valence-electron chi connectivity index (χ4n) is 1.98. The SMILES string of the molecule is CN(CC1CCOC1)S(=O)(=O)c1ccc(F)cc1. The Balaban J connectivity index is 2.11. The van der Waals surface area contributed by atoms with E-state index in [9.17, 15) is 12.8 Å². The van der Waals surface area contributed by atoms with Crippen LogP contribution in [0.1, 0.15) is 6.42 Å². The summed E-state index contributed by atoms with van der Waals surface area (Å²) in [6, 6.07) is 4.87. The smallest absolute Gasteiger partial charge is 0.242 e. The maximum absolute atomic E-state index is 12.8. The summed E-state index contributed by atoms with van der Waals surface area (Å²) in [5, 5.41) is 0. The van der Waals surface area contributed by atoms with Crippen molar-refractivity contribution in [2.24, 2.45) is 5.92 Å². The van der Waals surface area contributed by atoms with Crippen LogP contribution < -0.4 is 0 Å². The van der Waals surface area contributed by atoms with Gasteiger partial charge in [0.25, 0.3) is 0 Å². The van der Waals surface area contributed by atoms with Crippen LogP contribution in [0.25, 0.3) is 0 Å². The Hall–Kier alpha value is -0.980. The van der Waals surface area contributed by atoms with Crippen molar-refractivity contribution in [1.82, 2.24) is 4.31 Å². The molecule has 1 aromatic rings. The van der Waals surface area contributed by atoms with E-state index >= 15 is 0 Å². The second-order valence-corrected chi connectivity index (χ2v) is 6.51. The Bertz CT molecular complexity index is 495. The van der Waals surface area contributed by atoms with Crippen molar-refractivity contribution in [3.63, 3.8) is 0 Å². The molecule has 0 radical (unpaired) electrons. The molecule has 0 aliphatic carbocycles. The Morgan fingerprint density at radius 1 is 1.39 bits per heavy atom. The molecule has 1 fully saturated rings. The van der Waals surface area contributed by atoms with Crippen LogP contribution in [-0.4, -0.2) is 39.5 Å². The quantitative estimate of drug-likeness (QED) is 0.835. The molecule has 1 saturated heterocycles. The third-order valence-corrected chi connectivity index (χ3v) is 4.90. The largest absolute Gasteiger partial charge is 0.381 e. The molecular formula is C12H16FNO3S. The van der Waals surface area contributed by atoms with Crippen molar-refractivity contribution < 1.29 is 17.5 Å². The normalized spacial score (nSPS) is 20.5. The Labute approximate surface area is 106 Å². The number of sulfonamides is 1. The summed E-state index contributed by atoms with van der Waals surface area (Å²) in [5.74, 6) is -0.203. The van der Waals surface area contributed by atoms with Gasteiger partial charge >= 0.3 is 0 Å². The zero-order valence-corrected chi connectivity index (χ0v) is 11.0. The molecule has 0 saturated carbocycles. The highest BCUT2D eigenvalue weighted by Crippen LogP contribution is 2.19. The standard InChI is InChI=1S/C12H16FNO3S/c1-14(8-10-6-7-17-9-10)18(15,16)12-4-2-11(13)3-5-12/h2-5,10H,6-9H2,1H3. The van der Waals surface area contributed by atoms with E-state index in [1.165, 1.54) is 23.5 Å². The lowest BCUT2D eigenvalue weighted by atomic mass is 10.1. The number of hydrogen-bond donors (Lipinski definition) is 0. The molecule has 0 amide bonds. The second-order valence-electron chi connectivity index (χ2n) is 4.47. The third kappa shape index (κ3) is 2.88. The van der Waals surface area contributed by atoms with Crippen molar-refractivity contribution in [3.05, 3.63) is 30.1 Å². The van der Waals surface area contributed by atoms with Gasteiger partial charge in [0.2, 0.25) is 10.0 Å². The summed E-state index contributed by atoms with van der Waals surface area (Å²) in [4.78, 5) is 0.116. The number of benzene rings is 1. The molecule has 18 heavy (non-hydrogen) atoms. The van der Waals surface area contributed by atoms with E-state index in [1.807, 2.05) is 0 Å². The molecule has 1 atom stereocenters. The van der Waals surface area contributed by atoms with Crippen molar-refractivity contribution in [2.45, 2.75) is 11.3 Å². The average molecular weight is 273 g/mol. The van der Waals surface area contributed by atoms with E-state index in [0.717, 1.165) is 18.6 Å². The Morgan fingerprint density at radius 3 is 2.61 bits per heavy atom. The lowest BCUT2D eigenvalue weighted by molar-refractivity contribution is 0.182. The minimum absolute atomic E-state index is 0.116. The van der Waals surface area contributed by atoms with Crippen molar-refractivity contribution >= 4 is 10.0 Å². The van der Waals surface area contributed by atoms with Gasteiger partial charge in [-0.25, -0.2) is 17.1 Å². The van der Waals surface area contributed by atoms with Crippen LogP contribution in [0.15, 0.2) is 29.2 Å². The van der Waals surface area contributed by atoms with Gasteiger partial charge in [0.1, 0.15) is 5.82 Å². The van der Waals surface area contributed by atoms with Gasteiger partial charge < -0.3 is 4.74 Å². The van der Waals surface area contributed by atoms with Gasteiger partial charge in [-0.3, -0.25) is 0 Å². The minimum Gasteiger partial charge on any atom is -0.381 e. The molecule has 0 spiro atoms. The topological polar surface area (TPSA) is 46.6 Å². The highest BCUT2D eigenvalue weighted by atomic mass is 32.2. The molecule has 4 nitrogen and oxygen atoms in total. The number of hydrogen-bond acceptors (Lipinski definition) is 3. The predicted octanol–water partition coefficient (Wildman–Crippen LogP) is 1.48. The lowest BCUT2D eigenvalue weighted by Gasteiger charge is -2.20. The van der Waals surface area contributed by atoms with Gasteiger partial charge in [0.05, 0.1) is 11.5 Å². The van der Waals surface area contributed by atoms with Crippen molar-refractivity contribution in [3.8, 4) is 0 Å². The van der Waals surface area contributed by atoms with Gasteiger partial charge in [0, 0.05) is 20.2 Å². The maximum atomic E-state index is 12.8. The van der Waals surface area contributed by atoms with Gasteiger partial charge in [-0.05, 0) is 36.6 Å². The molecular weight excluding hydrogens is 257 g/mol. The van der Waals surface area contributed by atoms with Gasteiger partial charge in [-0.2, -0.15) is 0 Å². The summed E-state index contributed by atoms with van der Waals surface area (Å²) >= 11 is 0. The number of ether oxygens (including phenoxy) is 1. The van der Waals surface area contributed by atoms with E-state index in [-0.39, 0.29) is 10.8 Å². The average Bonchev–Trinajstić information content (AvgIpc) is 2.82. The van der Waals surface area contributed by atoms with Gasteiger partial charge in [-0.15, -0.1) is 0 Å². The highest BCUT2D eigenvalue weighted by molar-refractivity contribution is 7.89. The third-order valence-electron chi connectivity index (χ3n) is 3.06. The molecule has 0 aromatic heterocycles. The fourth-order valence-corrected chi connectivity index (χ4v) is 3.22. The molecule has 1 aliphatic heterocycles. The fraction of sp³-hybridized carbons (Fsp3) is 0.500. The minimum atomic E-state index is -3.53. The molecule has 1 aliphatic rings. The molecule has 1 aromatic carbocycles. The molecule has 0 N–H and O–H groups in total. The number of halogens is 1. The first-order valence-electron chi connectivity index (χ1n) is 5.80. The van der Waals surface area contributed by atoms with Crippen molar-refractivity contribution in [1.29, 1.82) is 0 Å². The summed E-state index contributed by atoms with van der Waals surface area (Å²) in [7, 11) is -1.99. The first-order valence-corrected chi connectivity index (χ1v) is 7.24. The van der Waals surface area contributed by atoms with Crippen LogP contribution >= 0.6 is 0 Å². The van der Waals surface area contributed by atoms with E-state index in [0.29, 0.717) is 19.8 Å². The van der Waals surface area contributed by atoms with Gasteiger partial charge in [0.15, 0.2) is 0 Å². The van der Waals surface area contributed by atoms with Crippen LogP contribution in [0, 0.1) is 11.7 Å². The first-order chi connectivity index (χ1) is 8.50. The van der Waals surface area contributed by atoms with Crippen LogP contribution in [0.5, 0.6) is 0 Å².